The van der Waals surface area contributed by atoms with Gasteiger partial charge in [-0.2, -0.15) is 4.98 Å². The summed E-state index contributed by atoms with van der Waals surface area (Å²) in [6.07, 6.45) is 1.84. The number of carbonyl (C=O) groups is 1. The Balaban J connectivity index is 1.59. The van der Waals surface area contributed by atoms with Crippen LogP contribution in [0.1, 0.15) is 51.2 Å². The van der Waals surface area contributed by atoms with E-state index < -0.39 is 0 Å². The van der Waals surface area contributed by atoms with Crippen molar-refractivity contribution in [2.45, 2.75) is 53.0 Å². The number of piperazine rings is 1. The second-order valence-corrected chi connectivity index (χ2v) is 9.30. The summed E-state index contributed by atoms with van der Waals surface area (Å²) in [5, 5.41) is 3.37. The Morgan fingerprint density at radius 2 is 1.83 bits per heavy atom. The minimum Gasteiger partial charge on any atom is -0.463 e. The zero-order chi connectivity index (χ0) is 24.9. The van der Waals surface area contributed by atoms with Gasteiger partial charge in [-0.3, -0.25) is 9.47 Å². The summed E-state index contributed by atoms with van der Waals surface area (Å²) in [6, 6.07) is 10.5. The van der Waals surface area contributed by atoms with E-state index in [2.05, 4.69) is 44.4 Å². The molecule has 1 unspecified atom stereocenters. The van der Waals surface area contributed by atoms with Gasteiger partial charge in [-0.1, -0.05) is 44.2 Å². The number of hydrogen-bond acceptors (Lipinski definition) is 7. The monoisotopic (exact) mass is 479 g/mol. The maximum Gasteiger partial charge on any atom is 0.351 e. The average molecular weight is 480 g/mol. The van der Waals surface area contributed by atoms with Gasteiger partial charge in [0.1, 0.15) is 11.6 Å². The number of allylic oxidation sites excluding steroid dienone is 1. The molecule has 2 aromatic rings. The third-order valence-electron chi connectivity index (χ3n) is 6.95. The van der Waals surface area contributed by atoms with Crippen molar-refractivity contribution < 1.29 is 9.53 Å². The lowest BCUT2D eigenvalue weighted by Gasteiger charge is -2.38. The van der Waals surface area contributed by atoms with Gasteiger partial charge in [0, 0.05) is 56.4 Å². The van der Waals surface area contributed by atoms with Crippen molar-refractivity contribution in [3.05, 3.63) is 63.2 Å². The van der Waals surface area contributed by atoms with Gasteiger partial charge in [-0.25, -0.2) is 9.59 Å². The van der Waals surface area contributed by atoms with Crippen molar-refractivity contribution in [3.63, 3.8) is 0 Å². The molecule has 0 bridgehead atoms. The van der Waals surface area contributed by atoms with Gasteiger partial charge >= 0.3 is 11.7 Å². The van der Waals surface area contributed by atoms with Crippen LogP contribution in [0.3, 0.4) is 0 Å². The fraction of sp³-hybridized carbons (Fsp3) is 0.519. The Kier molecular flexibility index (Phi) is 7.90. The normalized spacial score (nSPS) is 18.3. The number of hydrogen-bond donors (Lipinski definition) is 1. The van der Waals surface area contributed by atoms with E-state index in [4.69, 9.17) is 4.74 Å². The van der Waals surface area contributed by atoms with E-state index in [9.17, 15) is 9.59 Å². The predicted molar refractivity (Wildman–Crippen MR) is 139 cm³/mol. The average Bonchev–Trinajstić information content (AvgIpc) is 2.85. The first-order valence-corrected chi connectivity index (χ1v) is 12.7. The lowest BCUT2D eigenvalue weighted by molar-refractivity contribution is -0.138. The van der Waals surface area contributed by atoms with Crippen molar-refractivity contribution >= 4 is 17.6 Å². The van der Waals surface area contributed by atoms with Gasteiger partial charge in [0.25, 0.3) is 0 Å². The summed E-state index contributed by atoms with van der Waals surface area (Å²) in [6.45, 7) is 13.0. The number of aromatic nitrogens is 2. The standard InChI is InChI=1S/C27H37N5O3/c1-5-13-32-25-23(19(3)22(20(4)28-25)26(33)35-6-2)24(29-27(32)34)31-17-15-30(16-18-31)14-12-21-10-8-7-9-11-21/h7-11,19,28H,5-6,12-18H2,1-4H3. The molecule has 0 amide bonds. The van der Waals surface area contributed by atoms with Crippen LogP contribution in [0.25, 0.3) is 0 Å². The first kappa shape index (κ1) is 25.0. The third-order valence-corrected chi connectivity index (χ3v) is 6.95. The molecule has 1 saturated heterocycles. The molecule has 0 radical (unpaired) electrons. The van der Waals surface area contributed by atoms with Crippen molar-refractivity contribution in [1.82, 2.24) is 14.5 Å². The van der Waals surface area contributed by atoms with Crippen molar-refractivity contribution in [2.24, 2.45) is 0 Å². The van der Waals surface area contributed by atoms with E-state index in [1.807, 2.05) is 33.8 Å². The molecule has 1 atom stereocenters. The Morgan fingerprint density at radius 1 is 1.11 bits per heavy atom. The Hall–Kier alpha value is -3.13. The highest BCUT2D eigenvalue weighted by molar-refractivity contribution is 5.94. The first-order valence-electron chi connectivity index (χ1n) is 12.7. The quantitative estimate of drug-likeness (QED) is 0.582. The van der Waals surface area contributed by atoms with Gasteiger partial charge < -0.3 is 15.0 Å². The van der Waals surface area contributed by atoms with Crippen LogP contribution >= 0.6 is 0 Å². The minimum atomic E-state index is -0.319. The number of rotatable bonds is 8. The second-order valence-electron chi connectivity index (χ2n) is 9.30. The van der Waals surface area contributed by atoms with Gasteiger partial charge in [-0.05, 0) is 32.3 Å². The molecule has 35 heavy (non-hydrogen) atoms. The van der Waals surface area contributed by atoms with Crippen LogP contribution in [0.15, 0.2) is 46.4 Å². The third kappa shape index (κ3) is 5.27. The topological polar surface area (TPSA) is 79.7 Å². The van der Waals surface area contributed by atoms with Gasteiger partial charge in [0.05, 0.1) is 12.2 Å². The van der Waals surface area contributed by atoms with E-state index in [1.165, 1.54) is 5.56 Å². The molecule has 1 N–H and O–H groups in total. The fourth-order valence-electron chi connectivity index (χ4n) is 5.13. The van der Waals surface area contributed by atoms with Crippen LogP contribution < -0.4 is 15.9 Å². The molecule has 4 rings (SSSR count). The second kappa shape index (κ2) is 11.1. The molecule has 8 heteroatoms. The molecule has 0 aliphatic carbocycles. The number of nitrogens with one attached hydrogen (secondary N) is 1. The smallest absolute Gasteiger partial charge is 0.351 e. The molecule has 1 fully saturated rings. The van der Waals surface area contributed by atoms with Crippen molar-refractivity contribution in [3.8, 4) is 0 Å². The number of esters is 1. The predicted octanol–water partition coefficient (Wildman–Crippen LogP) is 3.38. The van der Waals surface area contributed by atoms with Crippen LogP contribution in [0, 0.1) is 0 Å². The lowest BCUT2D eigenvalue weighted by Crippen LogP contribution is -2.48. The van der Waals surface area contributed by atoms with Gasteiger partial charge in [0.2, 0.25) is 0 Å². The van der Waals surface area contributed by atoms with E-state index in [-0.39, 0.29) is 17.6 Å². The molecule has 0 saturated carbocycles. The number of ether oxygens (including phenoxy) is 1. The highest BCUT2D eigenvalue weighted by Crippen LogP contribution is 2.41. The molecule has 1 aromatic carbocycles. The Bertz CT molecular complexity index is 1130. The van der Waals surface area contributed by atoms with E-state index >= 15 is 0 Å². The molecule has 8 nitrogen and oxygen atoms in total. The zero-order valence-corrected chi connectivity index (χ0v) is 21.3. The summed E-state index contributed by atoms with van der Waals surface area (Å²) < 4.78 is 7.06. The molecular weight excluding hydrogens is 442 g/mol. The number of fused-ring (bicyclic) bond motifs is 1. The molecule has 2 aliphatic heterocycles. The van der Waals surface area contributed by atoms with Crippen LogP contribution in [0.4, 0.5) is 11.6 Å². The zero-order valence-electron chi connectivity index (χ0n) is 21.3. The number of nitrogens with zero attached hydrogens (tertiary/aromatic N) is 4. The van der Waals surface area contributed by atoms with Gasteiger partial charge in [-0.15, -0.1) is 0 Å². The number of anilines is 2. The molecule has 1 aromatic heterocycles. The highest BCUT2D eigenvalue weighted by atomic mass is 16.5. The molecule has 2 aliphatic rings. The van der Waals surface area contributed by atoms with Crippen molar-refractivity contribution in [2.75, 3.05) is 49.5 Å². The number of benzene rings is 1. The van der Waals surface area contributed by atoms with Gasteiger partial charge in [0.15, 0.2) is 0 Å². The molecular formula is C27H37N5O3. The minimum absolute atomic E-state index is 0.229. The van der Waals surface area contributed by atoms with Crippen LogP contribution in [0.2, 0.25) is 0 Å². The van der Waals surface area contributed by atoms with Crippen molar-refractivity contribution in [1.29, 1.82) is 0 Å². The van der Waals surface area contributed by atoms with Crippen LogP contribution in [0.5, 0.6) is 0 Å². The summed E-state index contributed by atoms with van der Waals surface area (Å²) in [7, 11) is 0. The Morgan fingerprint density at radius 3 is 2.49 bits per heavy atom. The van der Waals surface area contributed by atoms with E-state index in [0.717, 1.165) is 62.6 Å². The summed E-state index contributed by atoms with van der Waals surface area (Å²) >= 11 is 0. The summed E-state index contributed by atoms with van der Waals surface area (Å²) in [5.74, 6) is 0.897. The molecule has 0 spiro atoms. The van der Waals surface area contributed by atoms with E-state index in [0.29, 0.717) is 24.5 Å². The fourth-order valence-corrected chi connectivity index (χ4v) is 5.13. The number of carbonyl (C=O) groups excluding carboxylic acids is 1. The molecule has 188 valence electrons. The van der Waals surface area contributed by atoms with E-state index in [1.54, 1.807) is 4.57 Å². The SMILES string of the molecule is CCCn1c2c(c(N3CCN(CCc4ccccc4)CC3)nc1=O)C(C)C(C(=O)OCC)=C(C)N2. The largest absolute Gasteiger partial charge is 0.463 e. The first-order chi connectivity index (χ1) is 16.9. The Labute approximate surface area is 207 Å². The van der Waals surface area contributed by atoms with Crippen LogP contribution in [-0.4, -0.2) is 59.8 Å². The highest BCUT2D eigenvalue weighted by Gasteiger charge is 2.35. The molecule has 3 heterocycles. The lowest BCUT2D eigenvalue weighted by atomic mass is 9.88. The summed E-state index contributed by atoms with van der Waals surface area (Å²) in [5.41, 5.74) is 3.34. The maximum atomic E-state index is 13.1. The maximum absolute atomic E-state index is 13.1. The summed E-state index contributed by atoms with van der Waals surface area (Å²) in [4.78, 5) is 35.1. The van der Waals surface area contributed by atoms with Crippen LogP contribution in [-0.2, 0) is 22.5 Å².